The van der Waals surface area contributed by atoms with Gasteiger partial charge >= 0.3 is 5.97 Å². The lowest BCUT2D eigenvalue weighted by Crippen LogP contribution is -2.59. The summed E-state index contributed by atoms with van der Waals surface area (Å²) in [7, 11) is 0. The van der Waals surface area contributed by atoms with Crippen LogP contribution in [0.1, 0.15) is 9.81 Å². The Balaban J connectivity index is 1.59. The van der Waals surface area contributed by atoms with Crippen LogP contribution < -0.4 is 4.90 Å². The van der Waals surface area contributed by atoms with Crippen LogP contribution in [0.2, 0.25) is 10.2 Å². The standard InChI is InChI=1S/C19H17Cl2N7O4/c1-25-5-4-12(23-25)7-15(19(31)32)27-10-17(29)26(9-18(27)30)14-6-11(20)2-3-13(14)28-8-16(21)22-24-28/h2-6,8,15H,7,9-10H2,1H3,(H,31,32)/i1D3. The highest BCUT2D eigenvalue weighted by atomic mass is 35.5. The van der Waals surface area contributed by atoms with Gasteiger partial charge in [0.25, 0.3) is 0 Å². The molecule has 13 heteroatoms. The van der Waals surface area contributed by atoms with Crippen LogP contribution >= 0.6 is 23.2 Å². The zero-order valence-corrected chi connectivity index (χ0v) is 17.7. The van der Waals surface area contributed by atoms with Gasteiger partial charge in [0, 0.05) is 28.7 Å². The van der Waals surface area contributed by atoms with Gasteiger partial charge in [-0.25, -0.2) is 9.48 Å². The van der Waals surface area contributed by atoms with E-state index in [1.165, 1.54) is 34.1 Å². The number of hydrogen-bond acceptors (Lipinski definition) is 6. The lowest BCUT2D eigenvalue weighted by molar-refractivity contribution is -0.152. The zero-order valence-electron chi connectivity index (χ0n) is 19.2. The molecular formula is C19H17Cl2N7O4. The second-order valence-electron chi connectivity index (χ2n) is 6.93. The van der Waals surface area contributed by atoms with Gasteiger partial charge in [0.15, 0.2) is 5.15 Å². The number of carbonyl (C=O) groups is 3. The average molecular weight is 481 g/mol. The number of nitrogens with zero attached hydrogens (tertiary/aromatic N) is 7. The number of piperazine rings is 1. The summed E-state index contributed by atoms with van der Waals surface area (Å²) in [6, 6.07) is 4.54. The van der Waals surface area contributed by atoms with Gasteiger partial charge in [-0.15, -0.1) is 5.10 Å². The highest BCUT2D eigenvalue weighted by Crippen LogP contribution is 2.30. The third-order valence-electron chi connectivity index (χ3n) is 4.87. The molecule has 1 aliphatic rings. The molecule has 32 heavy (non-hydrogen) atoms. The largest absolute Gasteiger partial charge is 0.480 e. The maximum Gasteiger partial charge on any atom is 0.326 e. The van der Waals surface area contributed by atoms with Crippen LogP contribution in [-0.4, -0.2) is 71.7 Å². The second-order valence-corrected chi connectivity index (χ2v) is 7.75. The quantitative estimate of drug-likeness (QED) is 0.560. The van der Waals surface area contributed by atoms with E-state index in [0.717, 1.165) is 9.58 Å². The Morgan fingerprint density at radius 1 is 1.22 bits per heavy atom. The third-order valence-corrected chi connectivity index (χ3v) is 5.28. The zero-order chi connectivity index (χ0) is 25.5. The number of hydrogen-bond donors (Lipinski definition) is 1. The van der Waals surface area contributed by atoms with Crippen LogP contribution in [0, 0.1) is 0 Å². The molecule has 1 aliphatic heterocycles. The fraction of sp³-hybridized carbons (Fsp3) is 0.263. The van der Waals surface area contributed by atoms with Crippen molar-refractivity contribution in [3.05, 3.63) is 52.5 Å². The van der Waals surface area contributed by atoms with E-state index in [9.17, 15) is 19.5 Å². The number of aromatic nitrogens is 5. The predicted octanol–water partition coefficient (Wildman–Crippen LogP) is 1.18. The summed E-state index contributed by atoms with van der Waals surface area (Å²) in [5.41, 5.74) is 0.796. The summed E-state index contributed by atoms with van der Waals surface area (Å²) in [4.78, 5) is 40.2. The Morgan fingerprint density at radius 3 is 2.69 bits per heavy atom. The predicted molar refractivity (Wildman–Crippen MR) is 114 cm³/mol. The molecule has 2 aromatic heterocycles. The van der Waals surface area contributed by atoms with Crippen LogP contribution in [0.15, 0.2) is 36.7 Å². The molecule has 1 fully saturated rings. The Bertz CT molecular complexity index is 1310. The molecule has 166 valence electrons. The Morgan fingerprint density at radius 2 is 2.03 bits per heavy atom. The molecule has 0 radical (unpaired) electrons. The number of benzene rings is 1. The van der Waals surface area contributed by atoms with Crippen molar-refractivity contribution in [2.75, 3.05) is 18.0 Å². The Labute approximate surface area is 195 Å². The summed E-state index contributed by atoms with van der Waals surface area (Å²) < 4.78 is 24.2. The molecule has 1 unspecified atom stereocenters. The molecule has 4 rings (SSSR count). The molecule has 0 bridgehead atoms. The lowest BCUT2D eigenvalue weighted by atomic mass is 10.1. The summed E-state index contributed by atoms with van der Waals surface area (Å²) >= 11 is 12.0. The summed E-state index contributed by atoms with van der Waals surface area (Å²) in [6.07, 6.45) is 2.33. The molecule has 0 saturated carbocycles. The van der Waals surface area contributed by atoms with Crippen molar-refractivity contribution in [3.8, 4) is 5.69 Å². The van der Waals surface area contributed by atoms with E-state index >= 15 is 0 Å². The van der Waals surface area contributed by atoms with Crippen molar-refractivity contribution >= 4 is 46.7 Å². The van der Waals surface area contributed by atoms with Crippen molar-refractivity contribution in [1.29, 1.82) is 0 Å². The van der Waals surface area contributed by atoms with Gasteiger partial charge in [0.1, 0.15) is 19.1 Å². The molecule has 2 amide bonds. The van der Waals surface area contributed by atoms with E-state index in [2.05, 4.69) is 15.4 Å². The first-order valence-corrected chi connectivity index (χ1v) is 9.95. The number of halogens is 2. The van der Waals surface area contributed by atoms with Crippen molar-refractivity contribution in [2.45, 2.75) is 12.5 Å². The first kappa shape index (κ1) is 18.2. The Hall–Kier alpha value is -3.44. The molecule has 1 saturated heterocycles. The molecule has 11 nitrogen and oxygen atoms in total. The number of anilines is 1. The van der Waals surface area contributed by atoms with Gasteiger partial charge < -0.3 is 10.0 Å². The monoisotopic (exact) mass is 480 g/mol. The molecular weight excluding hydrogens is 461 g/mol. The Kier molecular flexibility index (Phi) is 4.88. The second kappa shape index (κ2) is 8.60. The lowest BCUT2D eigenvalue weighted by Gasteiger charge is -2.37. The van der Waals surface area contributed by atoms with Gasteiger partial charge in [-0.1, -0.05) is 28.4 Å². The van der Waals surface area contributed by atoms with Crippen LogP contribution in [-0.2, 0) is 27.8 Å². The molecule has 0 aliphatic carbocycles. The van der Waals surface area contributed by atoms with E-state index in [-0.39, 0.29) is 23.0 Å². The summed E-state index contributed by atoms with van der Waals surface area (Å²) in [5, 5.41) is 21.6. The minimum absolute atomic E-state index is 0.114. The van der Waals surface area contributed by atoms with E-state index in [1.54, 1.807) is 12.1 Å². The van der Waals surface area contributed by atoms with Crippen molar-refractivity contribution < 1.29 is 23.6 Å². The normalized spacial score (nSPS) is 17.1. The smallest absolute Gasteiger partial charge is 0.326 e. The van der Waals surface area contributed by atoms with Gasteiger partial charge in [-0.2, -0.15) is 5.10 Å². The van der Waals surface area contributed by atoms with Crippen LogP contribution in [0.5, 0.6) is 0 Å². The van der Waals surface area contributed by atoms with Crippen molar-refractivity contribution in [3.63, 3.8) is 0 Å². The van der Waals surface area contributed by atoms with Gasteiger partial charge in [0.05, 0.1) is 23.3 Å². The number of rotatable bonds is 6. The molecule has 0 spiro atoms. The number of aliphatic carboxylic acids is 1. The SMILES string of the molecule is [2H]C([2H])([2H])n1ccc(CC(C(=O)O)N2CC(=O)N(c3cc(Cl)ccc3-n3cc(Cl)nn3)CC2=O)n1. The summed E-state index contributed by atoms with van der Waals surface area (Å²) in [5.74, 6) is -2.54. The van der Waals surface area contributed by atoms with E-state index in [1.807, 2.05) is 0 Å². The number of carboxylic acid groups (broad SMARTS) is 1. The number of aryl methyl sites for hydroxylation is 1. The molecule has 1 atom stereocenters. The van der Waals surface area contributed by atoms with Crippen molar-refractivity contribution in [2.24, 2.45) is 6.98 Å². The number of carboxylic acids is 1. The minimum atomic E-state index is -2.53. The first-order chi connectivity index (χ1) is 16.4. The maximum atomic E-state index is 13.1. The van der Waals surface area contributed by atoms with E-state index in [4.69, 9.17) is 27.3 Å². The third kappa shape index (κ3) is 4.30. The number of carbonyl (C=O) groups excluding carboxylic acids is 2. The topological polar surface area (TPSA) is 126 Å². The van der Waals surface area contributed by atoms with E-state index < -0.39 is 43.9 Å². The van der Waals surface area contributed by atoms with Gasteiger partial charge in [-0.05, 0) is 24.3 Å². The van der Waals surface area contributed by atoms with Crippen LogP contribution in [0.4, 0.5) is 5.69 Å². The van der Waals surface area contributed by atoms with Gasteiger partial charge in [-0.3, -0.25) is 19.2 Å². The van der Waals surface area contributed by atoms with E-state index in [0.29, 0.717) is 10.7 Å². The van der Waals surface area contributed by atoms with Crippen molar-refractivity contribution in [1.82, 2.24) is 29.7 Å². The maximum absolute atomic E-state index is 13.1. The summed E-state index contributed by atoms with van der Waals surface area (Å²) in [6.45, 7) is -3.51. The molecule has 1 N–H and O–H groups in total. The fourth-order valence-electron chi connectivity index (χ4n) is 3.40. The van der Waals surface area contributed by atoms with Crippen LogP contribution in [0.3, 0.4) is 0 Å². The first-order valence-electron chi connectivity index (χ1n) is 10.7. The highest BCUT2D eigenvalue weighted by molar-refractivity contribution is 6.31. The molecule has 3 heterocycles. The van der Waals surface area contributed by atoms with Crippen LogP contribution in [0.25, 0.3) is 5.69 Å². The average Bonchev–Trinajstić information content (AvgIpc) is 3.42. The highest BCUT2D eigenvalue weighted by Gasteiger charge is 2.39. The fourth-order valence-corrected chi connectivity index (χ4v) is 3.70. The van der Waals surface area contributed by atoms with Gasteiger partial charge in [0.2, 0.25) is 11.8 Å². The molecule has 1 aromatic carbocycles. The minimum Gasteiger partial charge on any atom is -0.480 e. The number of amides is 2. The molecule has 3 aromatic rings.